The Morgan fingerprint density at radius 3 is 2.48 bits per heavy atom. The average Bonchev–Trinajstić information content (AvgIpc) is 2.80. The number of alkyl halides is 3. The van der Waals surface area contributed by atoms with Crippen LogP contribution in [-0.4, -0.2) is 19.1 Å². The number of nitrogens with one attached hydrogen (secondary N) is 1. The Balaban J connectivity index is 1.84. The molecular weight excluding hydrogens is 450 g/mol. The van der Waals surface area contributed by atoms with Crippen LogP contribution in [0.25, 0.3) is 0 Å². The van der Waals surface area contributed by atoms with Crippen LogP contribution in [0.4, 0.5) is 18.9 Å². The highest BCUT2D eigenvalue weighted by molar-refractivity contribution is 14.1. The minimum Gasteiger partial charge on any atom is -0.490 e. The molecule has 25 heavy (non-hydrogen) atoms. The molecule has 0 unspecified atom stereocenters. The summed E-state index contributed by atoms with van der Waals surface area (Å²) in [5.74, 6) is 0.472. The van der Waals surface area contributed by atoms with E-state index in [1.807, 2.05) is 22.6 Å². The van der Waals surface area contributed by atoms with Crippen molar-refractivity contribution in [1.82, 2.24) is 0 Å². The molecule has 132 valence electrons. The predicted octanol–water partition coefficient (Wildman–Crippen LogP) is 4.72. The molecule has 1 N–H and O–H groups in total. The maximum atomic E-state index is 12.8. The van der Waals surface area contributed by atoms with Crippen molar-refractivity contribution in [2.45, 2.75) is 12.6 Å². The average molecular weight is 463 g/mol. The molecule has 0 fully saturated rings. The number of ether oxygens (including phenoxy) is 2. The van der Waals surface area contributed by atoms with E-state index in [2.05, 4.69) is 5.32 Å². The zero-order chi connectivity index (χ0) is 18.0. The first-order valence-corrected chi connectivity index (χ1v) is 8.50. The van der Waals surface area contributed by atoms with Crippen LogP contribution in [0, 0.1) is 3.57 Å². The number of amides is 1. The van der Waals surface area contributed by atoms with Crippen molar-refractivity contribution in [2.75, 3.05) is 18.5 Å². The van der Waals surface area contributed by atoms with Gasteiger partial charge in [0, 0.05) is 15.6 Å². The molecule has 0 spiro atoms. The number of anilines is 1. The zero-order valence-corrected chi connectivity index (χ0v) is 15.0. The fraction of sp³-hybridized carbons (Fsp3) is 0.235. The van der Waals surface area contributed by atoms with Gasteiger partial charge >= 0.3 is 6.18 Å². The van der Waals surface area contributed by atoms with E-state index in [0.29, 0.717) is 28.3 Å². The van der Waals surface area contributed by atoms with Crippen LogP contribution in [0.1, 0.15) is 22.3 Å². The van der Waals surface area contributed by atoms with Gasteiger partial charge in [-0.05, 0) is 59.0 Å². The largest absolute Gasteiger partial charge is 0.490 e. The van der Waals surface area contributed by atoms with E-state index in [0.717, 1.165) is 18.6 Å². The maximum Gasteiger partial charge on any atom is 0.416 e. The summed E-state index contributed by atoms with van der Waals surface area (Å²) in [5.41, 5.74) is -0.438. The zero-order valence-electron chi connectivity index (χ0n) is 12.8. The predicted molar refractivity (Wildman–Crippen MR) is 94.2 cm³/mol. The van der Waals surface area contributed by atoms with Gasteiger partial charge in [-0.3, -0.25) is 4.79 Å². The van der Waals surface area contributed by atoms with E-state index in [1.165, 1.54) is 12.1 Å². The Bertz CT molecular complexity index is 808. The number of carbonyl (C=O) groups is 1. The smallest absolute Gasteiger partial charge is 0.416 e. The number of hydrogen-bond donors (Lipinski definition) is 1. The highest BCUT2D eigenvalue weighted by Crippen LogP contribution is 2.34. The molecule has 1 heterocycles. The third-order valence-corrected chi connectivity index (χ3v) is 4.49. The molecule has 1 aliphatic rings. The minimum atomic E-state index is -4.47. The second kappa shape index (κ2) is 7.11. The molecule has 0 saturated heterocycles. The van der Waals surface area contributed by atoms with Gasteiger partial charge in [0.25, 0.3) is 5.91 Å². The molecule has 1 aliphatic heterocycles. The molecule has 0 saturated carbocycles. The summed E-state index contributed by atoms with van der Waals surface area (Å²) in [6.45, 7) is 1.00. The van der Waals surface area contributed by atoms with Crippen molar-refractivity contribution in [2.24, 2.45) is 0 Å². The van der Waals surface area contributed by atoms with Gasteiger partial charge in [0.15, 0.2) is 11.5 Å². The SMILES string of the molecule is O=C(Nc1cc(C(F)(F)F)ccc1I)c1ccc2c(c1)OCCCO2. The first-order chi connectivity index (χ1) is 11.8. The lowest BCUT2D eigenvalue weighted by atomic mass is 10.1. The quantitative estimate of drug-likeness (QED) is 0.656. The van der Waals surface area contributed by atoms with E-state index >= 15 is 0 Å². The highest BCUT2D eigenvalue weighted by Gasteiger charge is 2.31. The Morgan fingerprint density at radius 1 is 1.04 bits per heavy atom. The highest BCUT2D eigenvalue weighted by atomic mass is 127. The lowest BCUT2D eigenvalue weighted by molar-refractivity contribution is -0.137. The van der Waals surface area contributed by atoms with E-state index < -0.39 is 17.6 Å². The van der Waals surface area contributed by atoms with Gasteiger partial charge in [0.2, 0.25) is 0 Å². The van der Waals surface area contributed by atoms with Gasteiger partial charge in [-0.15, -0.1) is 0 Å². The topological polar surface area (TPSA) is 47.6 Å². The number of fused-ring (bicyclic) bond motifs is 1. The van der Waals surface area contributed by atoms with Crippen molar-refractivity contribution < 1.29 is 27.4 Å². The number of benzene rings is 2. The summed E-state index contributed by atoms with van der Waals surface area (Å²) in [6, 6.07) is 7.90. The molecule has 4 nitrogen and oxygen atoms in total. The molecule has 1 amide bonds. The monoisotopic (exact) mass is 463 g/mol. The van der Waals surface area contributed by atoms with Crippen molar-refractivity contribution in [3.8, 4) is 11.5 Å². The molecule has 0 aliphatic carbocycles. The third kappa shape index (κ3) is 4.17. The lowest BCUT2D eigenvalue weighted by Crippen LogP contribution is -2.14. The van der Waals surface area contributed by atoms with Gasteiger partial charge in [-0.1, -0.05) is 0 Å². The van der Waals surface area contributed by atoms with Gasteiger partial charge in [0.05, 0.1) is 24.5 Å². The van der Waals surface area contributed by atoms with Crippen molar-refractivity contribution in [3.63, 3.8) is 0 Å². The van der Waals surface area contributed by atoms with E-state index in [9.17, 15) is 18.0 Å². The number of hydrogen-bond acceptors (Lipinski definition) is 3. The van der Waals surface area contributed by atoms with E-state index in [1.54, 1.807) is 12.1 Å². The van der Waals surface area contributed by atoms with Crippen molar-refractivity contribution >= 4 is 34.2 Å². The standard InChI is InChI=1S/C17H13F3INO3/c18-17(19,20)11-3-4-12(21)13(9-11)22-16(23)10-2-5-14-15(8-10)25-7-1-6-24-14/h2-5,8-9H,1,6-7H2,(H,22,23). The van der Waals surface area contributed by atoms with Crippen LogP contribution < -0.4 is 14.8 Å². The number of rotatable bonds is 2. The molecule has 0 radical (unpaired) electrons. The molecule has 2 aromatic rings. The molecule has 0 aromatic heterocycles. The van der Waals surface area contributed by atoms with E-state index in [4.69, 9.17) is 9.47 Å². The Morgan fingerprint density at radius 2 is 1.76 bits per heavy atom. The third-order valence-electron chi connectivity index (χ3n) is 3.55. The molecule has 0 bridgehead atoms. The van der Waals surface area contributed by atoms with Crippen LogP contribution in [0.3, 0.4) is 0 Å². The summed E-state index contributed by atoms with van der Waals surface area (Å²) < 4.78 is 50.0. The number of halogens is 4. The fourth-order valence-corrected chi connectivity index (χ4v) is 2.77. The first kappa shape index (κ1) is 17.8. The summed E-state index contributed by atoms with van der Waals surface area (Å²) in [4.78, 5) is 12.4. The van der Waals surface area contributed by atoms with Gasteiger partial charge < -0.3 is 14.8 Å². The fourth-order valence-electron chi connectivity index (χ4n) is 2.30. The van der Waals surface area contributed by atoms with Gasteiger partial charge in [-0.25, -0.2) is 0 Å². The van der Waals surface area contributed by atoms with Crippen LogP contribution in [-0.2, 0) is 6.18 Å². The Kier molecular flexibility index (Phi) is 5.07. The van der Waals surface area contributed by atoms with Crippen LogP contribution in [0.2, 0.25) is 0 Å². The first-order valence-electron chi connectivity index (χ1n) is 7.42. The molecule has 0 atom stereocenters. The number of carbonyl (C=O) groups excluding carboxylic acids is 1. The second-order valence-electron chi connectivity index (χ2n) is 5.36. The van der Waals surface area contributed by atoms with Crippen molar-refractivity contribution in [3.05, 3.63) is 51.1 Å². The Labute approximate surface area is 155 Å². The summed E-state index contributed by atoms with van der Waals surface area (Å²) >= 11 is 1.87. The Hall–Kier alpha value is -1.97. The van der Waals surface area contributed by atoms with Crippen LogP contribution in [0.15, 0.2) is 36.4 Å². The summed E-state index contributed by atoms with van der Waals surface area (Å²) in [5, 5.41) is 2.52. The molecule has 8 heteroatoms. The maximum absolute atomic E-state index is 12.8. The summed E-state index contributed by atoms with van der Waals surface area (Å²) in [7, 11) is 0. The summed E-state index contributed by atoms with van der Waals surface area (Å²) in [6.07, 6.45) is -3.74. The van der Waals surface area contributed by atoms with Gasteiger partial charge in [0.1, 0.15) is 0 Å². The van der Waals surface area contributed by atoms with Crippen LogP contribution >= 0.6 is 22.6 Å². The molecular formula is C17H13F3INO3. The lowest BCUT2D eigenvalue weighted by Gasteiger charge is -2.13. The van der Waals surface area contributed by atoms with Crippen molar-refractivity contribution in [1.29, 1.82) is 0 Å². The van der Waals surface area contributed by atoms with Gasteiger partial charge in [-0.2, -0.15) is 13.2 Å². The molecule has 3 rings (SSSR count). The second-order valence-corrected chi connectivity index (χ2v) is 6.52. The van der Waals surface area contributed by atoms with Crippen LogP contribution in [0.5, 0.6) is 11.5 Å². The minimum absolute atomic E-state index is 0.104. The van der Waals surface area contributed by atoms with E-state index in [-0.39, 0.29) is 11.3 Å². The normalized spacial score (nSPS) is 13.9. The molecule has 2 aromatic carbocycles.